The molecular formula is C16H27. The zero-order valence-corrected chi connectivity index (χ0v) is 10.8. The molecule has 0 nitrogen and oxygen atoms in total. The van der Waals surface area contributed by atoms with Crippen LogP contribution in [0.15, 0.2) is 36.5 Å². The van der Waals surface area contributed by atoms with E-state index in [1.807, 2.05) is 19.1 Å². The van der Waals surface area contributed by atoms with E-state index in [1.54, 1.807) is 0 Å². The molecule has 0 unspecified atom stereocenters. The van der Waals surface area contributed by atoms with E-state index in [0.29, 0.717) is 0 Å². The molecule has 0 heterocycles. The highest BCUT2D eigenvalue weighted by molar-refractivity contribution is 5.10. The van der Waals surface area contributed by atoms with E-state index in [4.69, 9.17) is 0 Å². The molecule has 0 amide bonds. The number of hydrogen-bond donors (Lipinski definition) is 0. The second-order valence-electron chi connectivity index (χ2n) is 4.10. The summed E-state index contributed by atoms with van der Waals surface area (Å²) < 4.78 is 0. The minimum atomic E-state index is 1.10. The molecule has 0 heteroatoms. The fraction of sp³-hybridized carbons (Fsp3) is 0.562. The summed E-state index contributed by atoms with van der Waals surface area (Å²) in [7, 11) is 0. The van der Waals surface area contributed by atoms with Crippen LogP contribution in [0.1, 0.15) is 58.3 Å². The fourth-order valence-electron chi connectivity index (χ4n) is 1.56. The zero-order valence-electron chi connectivity index (χ0n) is 10.8. The lowest BCUT2D eigenvalue weighted by atomic mass is 10.1. The van der Waals surface area contributed by atoms with Crippen molar-refractivity contribution in [2.45, 2.75) is 58.3 Å². The molecule has 0 aliphatic rings. The van der Waals surface area contributed by atoms with Crippen LogP contribution in [0.25, 0.3) is 0 Å². The van der Waals surface area contributed by atoms with E-state index in [2.05, 4.69) is 31.2 Å². The zero-order chi connectivity index (χ0) is 11.9. The number of unbranched alkanes of at least 4 members (excludes halogenated alkanes) is 7. The van der Waals surface area contributed by atoms with Crippen LogP contribution in [0.2, 0.25) is 0 Å². The Bertz CT molecular complexity index is 196. The largest absolute Gasteiger partial charge is 0.0877 e. The highest BCUT2D eigenvalue weighted by atomic mass is 13.9. The van der Waals surface area contributed by atoms with Crippen LogP contribution in [0.3, 0.4) is 0 Å². The van der Waals surface area contributed by atoms with Gasteiger partial charge in [0.05, 0.1) is 0 Å². The molecule has 0 saturated heterocycles. The second-order valence-corrected chi connectivity index (χ2v) is 4.10. The van der Waals surface area contributed by atoms with Gasteiger partial charge in [0.1, 0.15) is 0 Å². The molecule has 0 rings (SSSR count). The van der Waals surface area contributed by atoms with E-state index in [0.717, 1.165) is 6.42 Å². The standard InChI is InChI=1S/C16H27/c1-3-5-7-9-11-13-15-16-14-12-10-8-6-4-2/h4,6,8,10,12,14H,1,3,5,7,9,11,13,15-16H2,2H3/b6-4+,10-8+,14-12+. The van der Waals surface area contributed by atoms with Crippen molar-refractivity contribution in [3.05, 3.63) is 43.4 Å². The molecule has 0 spiro atoms. The highest BCUT2D eigenvalue weighted by Gasteiger charge is 1.88. The third kappa shape index (κ3) is 13.2. The second kappa shape index (κ2) is 14.2. The Balaban J connectivity index is 3.14. The van der Waals surface area contributed by atoms with Crippen LogP contribution in [-0.4, -0.2) is 0 Å². The first kappa shape index (κ1) is 15.2. The summed E-state index contributed by atoms with van der Waals surface area (Å²) in [6, 6.07) is 0. The van der Waals surface area contributed by atoms with Gasteiger partial charge in [-0.2, -0.15) is 0 Å². The van der Waals surface area contributed by atoms with Gasteiger partial charge in [-0.25, -0.2) is 0 Å². The van der Waals surface area contributed by atoms with Crippen molar-refractivity contribution in [1.29, 1.82) is 0 Å². The van der Waals surface area contributed by atoms with Crippen molar-refractivity contribution in [2.24, 2.45) is 0 Å². The monoisotopic (exact) mass is 219 g/mol. The highest BCUT2D eigenvalue weighted by Crippen LogP contribution is 2.08. The van der Waals surface area contributed by atoms with Gasteiger partial charge in [-0.3, -0.25) is 0 Å². The lowest BCUT2D eigenvalue weighted by molar-refractivity contribution is 0.599. The SMILES string of the molecule is [CH2]CCCCCCCC/C=C/C=C/C=C/C. The summed E-state index contributed by atoms with van der Waals surface area (Å²) in [5.41, 5.74) is 0. The van der Waals surface area contributed by atoms with Gasteiger partial charge < -0.3 is 0 Å². The average molecular weight is 219 g/mol. The van der Waals surface area contributed by atoms with Gasteiger partial charge >= 0.3 is 0 Å². The number of hydrogen-bond acceptors (Lipinski definition) is 0. The molecule has 0 atom stereocenters. The smallest absolute Gasteiger partial charge is 0.0348 e. The molecule has 1 radical (unpaired) electrons. The lowest BCUT2D eigenvalue weighted by Crippen LogP contribution is -1.78. The van der Waals surface area contributed by atoms with Gasteiger partial charge in [0.15, 0.2) is 0 Å². The van der Waals surface area contributed by atoms with Crippen LogP contribution < -0.4 is 0 Å². The topological polar surface area (TPSA) is 0 Å². The Morgan fingerprint density at radius 2 is 1.38 bits per heavy atom. The summed E-state index contributed by atoms with van der Waals surface area (Å²) >= 11 is 0. The molecule has 0 saturated carbocycles. The van der Waals surface area contributed by atoms with Gasteiger partial charge in [-0.1, -0.05) is 81.9 Å². The van der Waals surface area contributed by atoms with Crippen LogP contribution >= 0.6 is 0 Å². The lowest BCUT2D eigenvalue weighted by Gasteiger charge is -1.98. The van der Waals surface area contributed by atoms with E-state index in [1.165, 1.54) is 44.9 Å². The summed E-state index contributed by atoms with van der Waals surface area (Å²) in [5, 5.41) is 0. The van der Waals surface area contributed by atoms with Crippen LogP contribution in [0, 0.1) is 6.92 Å². The van der Waals surface area contributed by atoms with Crippen LogP contribution in [0.5, 0.6) is 0 Å². The molecular weight excluding hydrogens is 192 g/mol. The molecule has 0 bridgehead atoms. The maximum atomic E-state index is 3.85. The van der Waals surface area contributed by atoms with Crippen molar-refractivity contribution in [2.75, 3.05) is 0 Å². The summed E-state index contributed by atoms with van der Waals surface area (Å²) in [4.78, 5) is 0. The molecule has 0 aromatic carbocycles. The maximum Gasteiger partial charge on any atom is -0.0348 e. The molecule has 0 aromatic rings. The minimum absolute atomic E-state index is 1.10. The van der Waals surface area contributed by atoms with E-state index >= 15 is 0 Å². The molecule has 0 aliphatic heterocycles. The van der Waals surface area contributed by atoms with Gasteiger partial charge in [0.2, 0.25) is 0 Å². The number of rotatable bonds is 10. The van der Waals surface area contributed by atoms with Crippen molar-refractivity contribution in [3.8, 4) is 0 Å². The Labute approximate surface area is 102 Å². The van der Waals surface area contributed by atoms with E-state index < -0.39 is 0 Å². The summed E-state index contributed by atoms with van der Waals surface area (Å²) in [6.07, 6.45) is 23.1. The molecule has 91 valence electrons. The van der Waals surface area contributed by atoms with Crippen LogP contribution in [0.4, 0.5) is 0 Å². The fourth-order valence-corrected chi connectivity index (χ4v) is 1.56. The first-order chi connectivity index (χ1) is 7.91. The van der Waals surface area contributed by atoms with Crippen LogP contribution in [-0.2, 0) is 0 Å². The Morgan fingerprint density at radius 1 is 0.750 bits per heavy atom. The van der Waals surface area contributed by atoms with Gasteiger partial charge in [0, 0.05) is 0 Å². The quantitative estimate of drug-likeness (QED) is 0.330. The van der Waals surface area contributed by atoms with Crippen molar-refractivity contribution in [3.63, 3.8) is 0 Å². The first-order valence-electron chi connectivity index (χ1n) is 6.65. The molecule has 0 N–H and O–H groups in total. The predicted molar refractivity (Wildman–Crippen MR) is 75.4 cm³/mol. The average Bonchev–Trinajstić information content (AvgIpc) is 2.31. The Hall–Kier alpha value is -0.780. The predicted octanol–water partition coefficient (Wildman–Crippen LogP) is 5.63. The van der Waals surface area contributed by atoms with E-state index in [9.17, 15) is 0 Å². The first-order valence-corrected chi connectivity index (χ1v) is 6.65. The number of allylic oxidation sites excluding steroid dienone is 6. The Morgan fingerprint density at radius 3 is 2.06 bits per heavy atom. The van der Waals surface area contributed by atoms with E-state index in [-0.39, 0.29) is 0 Å². The van der Waals surface area contributed by atoms with Crippen molar-refractivity contribution >= 4 is 0 Å². The molecule has 0 fully saturated rings. The third-order valence-corrected chi connectivity index (χ3v) is 2.53. The minimum Gasteiger partial charge on any atom is -0.0877 e. The molecule has 0 aromatic heterocycles. The van der Waals surface area contributed by atoms with Crippen molar-refractivity contribution in [1.82, 2.24) is 0 Å². The maximum absolute atomic E-state index is 3.85. The summed E-state index contributed by atoms with van der Waals surface area (Å²) in [6.45, 7) is 5.88. The molecule has 16 heavy (non-hydrogen) atoms. The van der Waals surface area contributed by atoms with Gasteiger partial charge in [-0.15, -0.1) is 0 Å². The third-order valence-electron chi connectivity index (χ3n) is 2.53. The van der Waals surface area contributed by atoms with Gasteiger partial charge in [-0.05, 0) is 19.8 Å². The normalized spacial score (nSPS) is 12.4. The Kier molecular flexibility index (Phi) is 13.5. The molecule has 0 aliphatic carbocycles. The van der Waals surface area contributed by atoms with Gasteiger partial charge in [0.25, 0.3) is 0 Å². The summed E-state index contributed by atoms with van der Waals surface area (Å²) in [5.74, 6) is 0. The van der Waals surface area contributed by atoms with Crippen molar-refractivity contribution < 1.29 is 0 Å².